The summed E-state index contributed by atoms with van der Waals surface area (Å²) in [4.78, 5) is 7.51. The molecule has 0 bridgehead atoms. The number of H-pyrrole nitrogens is 1. The van der Waals surface area contributed by atoms with Crippen molar-refractivity contribution in [2.24, 2.45) is 11.8 Å². The predicted octanol–water partition coefficient (Wildman–Crippen LogP) is 4.69. The molecule has 1 saturated carbocycles. The molecule has 2 aliphatic rings. The highest BCUT2D eigenvalue weighted by Gasteiger charge is 2.45. The lowest BCUT2D eigenvalue weighted by molar-refractivity contribution is 0.141. The van der Waals surface area contributed by atoms with E-state index < -0.39 is 21.9 Å². The molecule has 1 aliphatic heterocycles. The molecule has 2 heterocycles. The number of nitrogens with zero attached hydrogens (tertiary/aromatic N) is 2. The Morgan fingerprint density at radius 1 is 1.12 bits per heavy atom. The van der Waals surface area contributed by atoms with E-state index in [9.17, 15) is 17.9 Å². The molecule has 2 aromatic carbocycles. The molecule has 0 amide bonds. The Bertz CT molecular complexity index is 1300. The molecule has 3 atom stereocenters. The van der Waals surface area contributed by atoms with Gasteiger partial charge in [0, 0.05) is 30.4 Å². The number of aliphatic hydroxyl groups is 1. The minimum absolute atomic E-state index is 0.0180. The first-order chi connectivity index (χ1) is 15.2. The van der Waals surface area contributed by atoms with Gasteiger partial charge < -0.3 is 10.1 Å². The van der Waals surface area contributed by atoms with Gasteiger partial charge in [-0.1, -0.05) is 17.7 Å². The second kappa shape index (κ2) is 8.22. The summed E-state index contributed by atoms with van der Waals surface area (Å²) < 4.78 is 42.4. The molecule has 0 unspecified atom stereocenters. The van der Waals surface area contributed by atoms with E-state index in [-0.39, 0.29) is 16.5 Å². The number of aromatic nitrogens is 2. The molecule has 1 saturated heterocycles. The maximum Gasteiger partial charge on any atom is 0.244 e. The Labute approximate surface area is 198 Å². The molecule has 32 heavy (non-hydrogen) atoms. The van der Waals surface area contributed by atoms with Gasteiger partial charge in [-0.05, 0) is 70.9 Å². The van der Waals surface area contributed by atoms with Gasteiger partial charge in [0.2, 0.25) is 10.0 Å². The monoisotopic (exact) mass is 539 g/mol. The number of aromatic amines is 1. The van der Waals surface area contributed by atoms with Gasteiger partial charge in [-0.2, -0.15) is 4.31 Å². The molecular weight excluding hydrogens is 521 g/mol. The lowest BCUT2D eigenvalue weighted by atomic mass is 10.2. The van der Waals surface area contributed by atoms with Crippen LogP contribution >= 0.6 is 27.5 Å². The first-order valence-electron chi connectivity index (χ1n) is 10.2. The van der Waals surface area contributed by atoms with Crippen LogP contribution in [0.3, 0.4) is 0 Å². The van der Waals surface area contributed by atoms with Crippen LogP contribution in [0.5, 0.6) is 0 Å². The van der Waals surface area contributed by atoms with Gasteiger partial charge in [0.1, 0.15) is 16.5 Å². The van der Waals surface area contributed by atoms with Crippen molar-refractivity contribution in [2.75, 3.05) is 13.1 Å². The van der Waals surface area contributed by atoms with E-state index in [1.54, 1.807) is 24.4 Å². The Morgan fingerprint density at radius 3 is 2.69 bits per heavy atom. The summed E-state index contributed by atoms with van der Waals surface area (Å²) in [5.41, 5.74) is 1.66. The summed E-state index contributed by atoms with van der Waals surface area (Å²) in [5, 5.41) is 10.3. The van der Waals surface area contributed by atoms with Crippen molar-refractivity contribution in [1.82, 2.24) is 14.3 Å². The first kappa shape index (κ1) is 22.0. The summed E-state index contributed by atoms with van der Waals surface area (Å²) >= 11 is 9.43. The molecule has 3 aromatic rings. The van der Waals surface area contributed by atoms with E-state index in [0.717, 1.165) is 6.42 Å². The Morgan fingerprint density at radius 2 is 1.91 bits per heavy atom. The standard InChI is InChI=1S/C22H20BrClFN3O3S/c23-17-3-1-12(7-19(17)25)20-9-26-22(27-20)13-2-4-18(24)21(8-13)32(30,31)28-10-15-5-14(15)6-16(29)11-28/h1-4,7-9,14-16,29H,5-6,10-11H2,(H,26,27)/t14-,15+,16+/m1/s1. The second-order valence-electron chi connectivity index (χ2n) is 8.38. The normalized spacial score (nSPS) is 23.6. The molecule has 10 heteroatoms. The van der Waals surface area contributed by atoms with Crippen LogP contribution in [0, 0.1) is 17.7 Å². The zero-order valence-corrected chi connectivity index (χ0v) is 20.0. The maximum atomic E-state index is 13.9. The third-order valence-corrected chi connectivity index (χ3v) is 9.07. The molecule has 168 valence electrons. The molecule has 6 nitrogen and oxygen atoms in total. The number of imidazole rings is 1. The van der Waals surface area contributed by atoms with Gasteiger partial charge >= 0.3 is 0 Å². The Kier molecular flexibility index (Phi) is 5.66. The van der Waals surface area contributed by atoms with Crippen molar-refractivity contribution in [3.05, 3.63) is 57.9 Å². The number of hydrogen-bond acceptors (Lipinski definition) is 4. The van der Waals surface area contributed by atoms with Crippen LogP contribution < -0.4 is 0 Å². The lowest BCUT2D eigenvalue weighted by Crippen LogP contribution is -2.37. The number of sulfonamides is 1. The summed E-state index contributed by atoms with van der Waals surface area (Å²) in [7, 11) is -3.90. The number of β-amino-alcohol motifs (C(OH)–C–C–N with tert-alkyl or cyclic N) is 1. The third-order valence-electron chi connectivity index (χ3n) is 6.11. The number of hydrogen-bond donors (Lipinski definition) is 2. The quantitative estimate of drug-likeness (QED) is 0.503. The average molecular weight is 541 g/mol. The molecular formula is C22H20BrClFN3O3S. The van der Waals surface area contributed by atoms with Crippen LogP contribution in [0.25, 0.3) is 22.6 Å². The van der Waals surface area contributed by atoms with Crippen molar-refractivity contribution in [3.63, 3.8) is 0 Å². The van der Waals surface area contributed by atoms with Crippen molar-refractivity contribution < 1.29 is 17.9 Å². The van der Waals surface area contributed by atoms with Gasteiger partial charge in [-0.25, -0.2) is 17.8 Å². The van der Waals surface area contributed by atoms with E-state index in [4.69, 9.17) is 11.6 Å². The molecule has 0 spiro atoms. The number of benzene rings is 2. The largest absolute Gasteiger partial charge is 0.392 e. The number of nitrogens with one attached hydrogen (secondary N) is 1. The minimum atomic E-state index is -3.90. The summed E-state index contributed by atoms with van der Waals surface area (Å²) in [6, 6.07) is 9.41. The smallest absolute Gasteiger partial charge is 0.244 e. The molecule has 0 radical (unpaired) electrons. The average Bonchev–Trinajstić information content (AvgIpc) is 3.31. The van der Waals surface area contributed by atoms with Crippen molar-refractivity contribution in [2.45, 2.75) is 23.8 Å². The van der Waals surface area contributed by atoms with E-state index in [2.05, 4.69) is 25.9 Å². The predicted molar refractivity (Wildman–Crippen MR) is 123 cm³/mol. The maximum absolute atomic E-state index is 13.9. The molecule has 5 rings (SSSR count). The number of fused-ring (bicyclic) bond motifs is 1. The number of halogens is 3. The van der Waals surface area contributed by atoms with Crippen molar-refractivity contribution in [3.8, 4) is 22.6 Å². The van der Waals surface area contributed by atoms with Crippen LogP contribution in [0.4, 0.5) is 4.39 Å². The number of aliphatic hydroxyl groups excluding tert-OH is 1. The van der Waals surface area contributed by atoms with Crippen LogP contribution in [0.15, 0.2) is 52.0 Å². The van der Waals surface area contributed by atoms with Gasteiger partial charge in [0.05, 0.1) is 21.3 Å². The molecule has 1 aromatic heterocycles. The van der Waals surface area contributed by atoms with Gasteiger partial charge in [0.25, 0.3) is 0 Å². The minimum Gasteiger partial charge on any atom is -0.392 e. The molecule has 2 N–H and O–H groups in total. The fraction of sp³-hybridized carbons (Fsp3) is 0.318. The van der Waals surface area contributed by atoms with Gasteiger partial charge in [-0.3, -0.25) is 0 Å². The van der Waals surface area contributed by atoms with Crippen LogP contribution in [0.2, 0.25) is 5.02 Å². The van der Waals surface area contributed by atoms with Crippen LogP contribution in [-0.4, -0.2) is 47.0 Å². The fourth-order valence-corrected chi connectivity index (χ4v) is 6.56. The molecule has 1 aliphatic carbocycles. The SMILES string of the molecule is O=S(=O)(c1cc(-c2nc(-c3ccc(Br)c(F)c3)c[nH]2)ccc1Cl)N1C[C@@H](O)C[C@H]2C[C@H]2C1. The van der Waals surface area contributed by atoms with E-state index in [1.165, 1.54) is 22.5 Å². The van der Waals surface area contributed by atoms with Crippen molar-refractivity contribution >= 4 is 37.6 Å². The summed E-state index contributed by atoms with van der Waals surface area (Å²) in [6.07, 6.45) is 2.54. The topological polar surface area (TPSA) is 86.3 Å². The first-order valence-corrected chi connectivity index (χ1v) is 12.8. The zero-order valence-electron chi connectivity index (χ0n) is 16.8. The summed E-state index contributed by atoms with van der Waals surface area (Å²) in [6.45, 7) is 0.459. The molecule has 2 fully saturated rings. The van der Waals surface area contributed by atoms with Crippen molar-refractivity contribution in [1.29, 1.82) is 0 Å². The number of rotatable bonds is 4. The third kappa shape index (κ3) is 4.12. The second-order valence-corrected chi connectivity index (χ2v) is 11.5. The highest BCUT2D eigenvalue weighted by Crippen LogP contribution is 2.45. The van der Waals surface area contributed by atoms with Gasteiger partial charge in [0.15, 0.2) is 0 Å². The fourth-order valence-electron chi connectivity index (χ4n) is 4.27. The van der Waals surface area contributed by atoms with E-state index >= 15 is 0 Å². The van der Waals surface area contributed by atoms with E-state index in [0.29, 0.717) is 51.9 Å². The lowest BCUT2D eigenvalue weighted by Gasteiger charge is -2.23. The highest BCUT2D eigenvalue weighted by atomic mass is 79.9. The van der Waals surface area contributed by atoms with Crippen LogP contribution in [0.1, 0.15) is 12.8 Å². The zero-order chi connectivity index (χ0) is 22.6. The van der Waals surface area contributed by atoms with Crippen LogP contribution in [-0.2, 0) is 10.0 Å². The Balaban J connectivity index is 1.48. The summed E-state index contributed by atoms with van der Waals surface area (Å²) in [5.74, 6) is 0.735. The highest BCUT2D eigenvalue weighted by molar-refractivity contribution is 9.10. The van der Waals surface area contributed by atoms with Gasteiger partial charge in [-0.15, -0.1) is 0 Å². The Hall–Kier alpha value is -1.78. The van der Waals surface area contributed by atoms with E-state index in [1.807, 2.05) is 0 Å².